The molecule has 1 aliphatic rings. The predicted octanol–water partition coefficient (Wildman–Crippen LogP) is 3.35. The van der Waals surface area contributed by atoms with Crippen LogP contribution in [0.5, 0.6) is 0 Å². The Morgan fingerprint density at radius 1 is 1.41 bits per heavy atom. The molecule has 0 radical (unpaired) electrons. The fourth-order valence-electron chi connectivity index (χ4n) is 3.33. The molecule has 0 saturated heterocycles. The van der Waals surface area contributed by atoms with Crippen molar-refractivity contribution in [2.75, 3.05) is 11.1 Å². The van der Waals surface area contributed by atoms with Crippen LogP contribution in [0.2, 0.25) is 0 Å². The Bertz CT molecular complexity index is 1090. The molecule has 3 aromatic heterocycles. The Hall–Kier alpha value is -2.99. The summed E-state index contributed by atoms with van der Waals surface area (Å²) in [6, 6.07) is 5.90. The van der Waals surface area contributed by atoms with Crippen LogP contribution in [0.15, 0.2) is 28.0 Å². The molecule has 3 aromatic rings. The van der Waals surface area contributed by atoms with Gasteiger partial charge in [-0.2, -0.15) is 5.26 Å². The summed E-state index contributed by atoms with van der Waals surface area (Å²) in [5.74, 6) is 2.74. The second-order valence-corrected chi connectivity index (χ2v) is 8.16. The first kappa shape index (κ1) is 19.3. The highest BCUT2D eigenvalue weighted by atomic mass is 32.2. The van der Waals surface area contributed by atoms with Gasteiger partial charge in [0, 0.05) is 18.7 Å². The van der Waals surface area contributed by atoms with Crippen LogP contribution in [0.3, 0.4) is 0 Å². The van der Waals surface area contributed by atoms with E-state index < -0.39 is 0 Å². The Morgan fingerprint density at radius 3 is 2.86 bits per heavy atom. The van der Waals surface area contributed by atoms with Gasteiger partial charge in [-0.1, -0.05) is 11.8 Å². The maximum Gasteiger partial charge on any atom is 0.235 e. The minimum Gasteiger partial charge on any atom is -0.467 e. The predicted molar refractivity (Wildman–Crippen MR) is 109 cm³/mol. The Balaban J connectivity index is 1.50. The third kappa shape index (κ3) is 3.80. The molecule has 0 unspecified atom stereocenters. The minimum atomic E-state index is -0.194. The molecule has 1 aliphatic carbocycles. The number of carbonyl (C=O) groups excluding carboxylic acids is 1. The van der Waals surface area contributed by atoms with E-state index in [0.717, 1.165) is 40.8 Å². The van der Waals surface area contributed by atoms with E-state index in [4.69, 9.17) is 4.42 Å². The van der Waals surface area contributed by atoms with E-state index in [1.807, 2.05) is 42.2 Å². The summed E-state index contributed by atoms with van der Waals surface area (Å²) in [5.41, 5.74) is 2.25. The summed E-state index contributed by atoms with van der Waals surface area (Å²) in [5, 5.41) is 21.7. The number of nitrogens with one attached hydrogen (secondary N) is 1. The lowest BCUT2D eigenvalue weighted by Gasteiger charge is -2.12. The number of nitrogens with zero attached hydrogens (tertiary/aromatic N) is 5. The maximum atomic E-state index is 12.7. The van der Waals surface area contributed by atoms with Gasteiger partial charge in [0.05, 0.1) is 24.1 Å². The first-order valence-electron chi connectivity index (χ1n) is 9.43. The van der Waals surface area contributed by atoms with E-state index in [0.29, 0.717) is 23.8 Å². The van der Waals surface area contributed by atoms with Gasteiger partial charge in [-0.3, -0.25) is 4.79 Å². The molecule has 1 saturated carbocycles. The van der Waals surface area contributed by atoms with Crippen molar-refractivity contribution in [1.82, 2.24) is 19.3 Å². The zero-order valence-electron chi connectivity index (χ0n) is 16.6. The molecule has 1 fully saturated rings. The Kier molecular flexibility index (Phi) is 5.20. The van der Waals surface area contributed by atoms with Crippen LogP contribution in [-0.4, -0.2) is 31.0 Å². The molecule has 0 bridgehead atoms. The van der Waals surface area contributed by atoms with Crippen LogP contribution in [0, 0.1) is 25.2 Å². The van der Waals surface area contributed by atoms with Crippen LogP contribution in [0.4, 0.5) is 5.82 Å². The summed E-state index contributed by atoms with van der Waals surface area (Å²) >= 11 is 1.34. The number of nitriles is 1. The number of rotatable bonds is 7. The van der Waals surface area contributed by atoms with Gasteiger partial charge < -0.3 is 18.9 Å². The first-order chi connectivity index (χ1) is 14.0. The largest absolute Gasteiger partial charge is 0.467 e. The molecule has 0 aliphatic heterocycles. The molecule has 0 spiro atoms. The smallest absolute Gasteiger partial charge is 0.235 e. The van der Waals surface area contributed by atoms with Crippen LogP contribution < -0.4 is 5.32 Å². The lowest BCUT2D eigenvalue weighted by Crippen LogP contribution is -2.18. The van der Waals surface area contributed by atoms with Crippen molar-refractivity contribution in [2.24, 2.45) is 7.05 Å². The summed E-state index contributed by atoms with van der Waals surface area (Å²) in [4.78, 5) is 12.7. The second-order valence-electron chi connectivity index (χ2n) is 7.22. The highest BCUT2D eigenvalue weighted by Crippen LogP contribution is 2.39. The fourth-order valence-corrected chi connectivity index (χ4v) is 4.05. The first-order valence-corrected chi connectivity index (χ1v) is 10.4. The zero-order valence-corrected chi connectivity index (χ0v) is 17.4. The molecule has 3 heterocycles. The molecular weight excluding hydrogens is 388 g/mol. The summed E-state index contributed by atoms with van der Waals surface area (Å²) in [6.07, 6.45) is 3.91. The zero-order chi connectivity index (χ0) is 20.5. The average molecular weight is 411 g/mol. The fraction of sp³-hybridized carbons (Fsp3) is 0.400. The topological polar surface area (TPSA) is 102 Å². The van der Waals surface area contributed by atoms with E-state index in [2.05, 4.69) is 21.6 Å². The van der Waals surface area contributed by atoms with Gasteiger partial charge >= 0.3 is 0 Å². The van der Waals surface area contributed by atoms with Crippen LogP contribution in [0.25, 0.3) is 0 Å². The van der Waals surface area contributed by atoms with Gasteiger partial charge in [-0.25, -0.2) is 0 Å². The molecule has 1 amide bonds. The van der Waals surface area contributed by atoms with E-state index in [9.17, 15) is 10.1 Å². The van der Waals surface area contributed by atoms with Crippen LogP contribution in [0.1, 0.15) is 47.2 Å². The highest BCUT2D eigenvalue weighted by molar-refractivity contribution is 7.99. The monoisotopic (exact) mass is 410 g/mol. The van der Waals surface area contributed by atoms with Crippen molar-refractivity contribution in [3.63, 3.8) is 0 Å². The normalized spacial score (nSPS) is 13.4. The number of hydrogen-bond acceptors (Lipinski definition) is 6. The maximum absolute atomic E-state index is 12.7. The van der Waals surface area contributed by atoms with E-state index >= 15 is 0 Å². The van der Waals surface area contributed by atoms with Crippen molar-refractivity contribution in [1.29, 1.82) is 5.26 Å². The van der Waals surface area contributed by atoms with Gasteiger partial charge in [0.15, 0.2) is 5.16 Å². The second kappa shape index (κ2) is 7.79. The number of thioether (sulfide) groups is 1. The molecule has 9 heteroatoms. The summed E-state index contributed by atoms with van der Waals surface area (Å²) in [6.45, 7) is 4.26. The Labute approximate surface area is 172 Å². The van der Waals surface area contributed by atoms with E-state index in [1.165, 1.54) is 11.8 Å². The van der Waals surface area contributed by atoms with Crippen molar-refractivity contribution in [3.05, 3.63) is 46.8 Å². The molecular formula is C20H22N6O2S. The van der Waals surface area contributed by atoms with Gasteiger partial charge in [-0.05, 0) is 44.4 Å². The van der Waals surface area contributed by atoms with Crippen molar-refractivity contribution in [3.8, 4) is 6.07 Å². The minimum absolute atomic E-state index is 0.186. The molecule has 29 heavy (non-hydrogen) atoms. The number of aromatic nitrogens is 4. The SMILES string of the molecule is Cc1c(C#N)c(NC(=O)CSc2nnc(C3CC3)n2C)n(Cc2ccco2)c1C. The third-order valence-electron chi connectivity index (χ3n) is 5.24. The number of hydrogen-bond donors (Lipinski definition) is 1. The molecule has 0 aromatic carbocycles. The molecule has 1 N–H and O–H groups in total. The standard InChI is InChI=1S/C20H22N6O2S/c1-12-13(2)26(10-15-5-4-8-28-15)19(16(12)9-21)22-17(27)11-29-20-24-23-18(25(20)3)14-6-7-14/h4-5,8,14H,6-7,10-11H2,1-3H3,(H,22,27). The van der Waals surface area contributed by atoms with Crippen molar-refractivity contribution >= 4 is 23.5 Å². The van der Waals surface area contributed by atoms with Crippen LogP contribution >= 0.6 is 11.8 Å². The van der Waals surface area contributed by atoms with E-state index in [-0.39, 0.29) is 11.7 Å². The van der Waals surface area contributed by atoms with Gasteiger partial charge in [-0.15, -0.1) is 10.2 Å². The van der Waals surface area contributed by atoms with Gasteiger partial charge in [0.1, 0.15) is 23.5 Å². The number of anilines is 1. The van der Waals surface area contributed by atoms with Crippen molar-refractivity contribution < 1.29 is 9.21 Å². The van der Waals surface area contributed by atoms with E-state index in [1.54, 1.807) is 6.26 Å². The molecule has 150 valence electrons. The molecule has 4 rings (SSSR count). The highest BCUT2D eigenvalue weighted by Gasteiger charge is 2.29. The number of carbonyl (C=O) groups is 1. The Morgan fingerprint density at radius 2 is 2.21 bits per heavy atom. The lowest BCUT2D eigenvalue weighted by atomic mass is 10.2. The van der Waals surface area contributed by atoms with Gasteiger partial charge in [0.2, 0.25) is 5.91 Å². The lowest BCUT2D eigenvalue weighted by molar-refractivity contribution is -0.113. The van der Waals surface area contributed by atoms with Gasteiger partial charge in [0.25, 0.3) is 0 Å². The molecule has 0 atom stereocenters. The van der Waals surface area contributed by atoms with Crippen molar-refractivity contribution in [2.45, 2.75) is 44.3 Å². The number of amides is 1. The summed E-state index contributed by atoms with van der Waals surface area (Å²) < 4.78 is 9.31. The number of furan rings is 1. The third-order valence-corrected chi connectivity index (χ3v) is 6.26. The average Bonchev–Trinajstić information content (AvgIpc) is 3.21. The summed E-state index contributed by atoms with van der Waals surface area (Å²) in [7, 11) is 1.93. The molecule has 8 nitrogen and oxygen atoms in total. The quantitative estimate of drug-likeness (QED) is 0.599. The van der Waals surface area contributed by atoms with Crippen LogP contribution in [-0.2, 0) is 18.4 Å².